The molecule has 0 unspecified atom stereocenters. The van der Waals surface area contributed by atoms with Crippen LogP contribution in [0.15, 0.2) is 71.5 Å². The Morgan fingerprint density at radius 3 is 2.42 bits per heavy atom. The van der Waals surface area contributed by atoms with Crippen LogP contribution in [0.5, 0.6) is 0 Å². The van der Waals surface area contributed by atoms with Gasteiger partial charge >= 0.3 is 6.18 Å². The van der Waals surface area contributed by atoms with Gasteiger partial charge in [-0.2, -0.15) is 18.4 Å². The maximum absolute atomic E-state index is 13.9. The van der Waals surface area contributed by atoms with Crippen molar-refractivity contribution in [3.05, 3.63) is 105 Å². The minimum Gasteiger partial charge on any atom is -0.361 e. The molecule has 1 N–H and O–H groups in total. The van der Waals surface area contributed by atoms with Gasteiger partial charge in [0.15, 0.2) is 5.65 Å². The van der Waals surface area contributed by atoms with E-state index in [0.717, 1.165) is 23.3 Å². The SMILES string of the molecule is Cc1cc2nc3c(C#N)c(-c4ccccc4)/c(=C\Nc4cccc(C(F)(F)F)c4)c(=O)n3c2cc1C. The van der Waals surface area contributed by atoms with Crippen molar-refractivity contribution in [3.8, 4) is 17.2 Å². The van der Waals surface area contributed by atoms with E-state index in [1.807, 2.05) is 32.0 Å². The molecular weight excluding hydrogens is 465 g/mol. The first kappa shape index (κ1) is 23.1. The third-order valence-corrected chi connectivity index (χ3v) is 6.19. The first-order valence-electron chi connectivity index (χ1n) is 11.1. The van der Waals surface area contributed by atoms with Crippen molar-refractivity contribution in [3.63, 3.8) is 0 Å². The van der Waals surface area contributed by atoms with E-state index in [9.17, 15) is 23.2 Å². The van der Waals surface area contributed by atoms with Gasteiger partial charge in [-0.3, -0.25) is 9.20 Å². The van der Waals surface area contributed by atoms with Gasteiger partial charge in [0.25, 0.3) is 5.56 Å². The van der Waals surface area contributed by atoms with Gasteiger partial charge in [-0.05, 0) is 60.9 Å². The molecule has 2 aromatic heterocycles. The van der Waals surface area contributed by atoms with Gasteiger partial charge in [0, 0.05) is 17.5 Å². The molecule has 0 saturated carbocycles. The minimum atomic E-state index is -4.50. The summed E-state index contributed by atoms with van der Waals surface area (Å²) in [6.45, 7) is 3.86. The molecule has 178 valence electrons. The summed E-state index contributed by atoms with van der Waals surface area (Å²) in [6.07, 6.45) is -3.15. The maximum atomic E-state index is 13.9. The Labute approximate surface area is 203 Å². The Kier molecular flexibility index (Phi) is 5.48. The number of hydrogen-bond donors (Lipinski definition) is 1. The van der Waals surface area contributed by atoms with Crippen LogP contribution in [0, 0.1) is 25.2 Å². The Bertz CT molecular complexity index is 1800. The van der Waals surface area contributed by atoms with Crippen LogP contribution in [0.3, 0.4) is 0 Å². The van der Waals surface area contributed by atoms with Crippen molar-refractivity contribution in [2.24, 2.45) is 0 Å². The molecule has 8 heteroatoms. The second kappa shape index (κ2) is 8.54. The van der Waals surface area contributed by atoms with Gasteiger partial charge in [0.05, 0.1) is 21.8 Å². The predicted octanol–water partition coefficient (Wildman–Crippen LogP) is 5.59. The van der Waals surface area contributed by atoms with E-state index in [1.54, 1.807) is 24.3 Å². The summed E-state index contributed by atoms with van der Waals surface area (Å²) >= 11 is 0. The van der Waals surface area contributed by atoms with Gasteiger partial charge in [-0.1, -0.05) is 36.4 Å². The first-order valence-corrected chi connectivity index (χ1v) is 11.1. The number of nitrogens with one attached hydrogen (secondary N) is 1. The fraction of sp³-hybridized carbons (Fsp3) is 0.107. The summed E-state index contributed by atoms with van der Waals surface area (Å²) in [7, 11) is 0. The zero-order valence-corrected chi connectivity index (χ0v) is 19.3. The lowest BCUT2D eigenvalue weighted by atomic mass is 9.99. The molecule has 2 heterocycles. The smallest absolute Gasteiger partial charge is 0.361 e. The normalized spacial score (nSPS) is 12.3. The number of aryl methyl sites for hydroxylation is 2. The van der Waals surface area contributed by atoms with E-state index in [2.05, 4.69) is 16.4 Å². The molecule has 0 amide bonds. The highest BCUT2D eigenvalue weighted by Crippen LogP contribution is 2.31. The van der Waals surface area contributed by atoms with Crippen LogP contribution in [-0.4, -0.2) is 9.38 Å². The summed E-state index contributed by atoms with van der Waals surface area (Å²) in [5.41, 5.74) is 3.41. The molecule has 0 aliphatic carbocycles. The van der Waals surface area contributed by atoms with E-state index in [-0.39, 0.29) is 22.1 Å². The highest BCUT2D eigenvalue weighted by molar-refractivity contribution is 5.88. The van der Waals surface area contributed by atoms with E-state index < -0.39 is 17.3 Å². The molecule has 0 fully saturated rings. The molecule has 0 spiro atoms. The van der Waals surface area contributed by atoms with Gasteiger partial charge in [-0.15, -0.1) is 0 Å². The van der Waals surface area contributed by atoms with E-state index in [1.165, 1.54) is 22.7 Å². The molecule has 0 aliphatic heterocycles. The third kappa shape index (κ3) is 3.85. The highest BCUT2D eigenvalue weighted by Gasteiger charge is 2.30. The summed E-state index contributed by atoms with van der Waals surface area (Å²) < 4.78 is 41.0. The topological polar surface area (TPSA) is 70.2 Å². The van der Waals surface area contributed by atoms with Gasteiger partial charge in [0.2, 0.25) is 0 Å². The average molecular weight is 484 g/mol. The van der Waals surface area contributed by atoms with E-state index in [0.29, 0.717) is 22.2 Å². The molecule has 5 rings (SSSR count). The van der Waals surface area contributed by atoms with Crippen LogP contribution in [-0.2, 0) is 6.18 Å². The molecule has 5 aromatic rings. The number of halogens is 3. The van der Waals surface area contributed by atoms with E-state index >= 15 is 0 Å². The Morgan fingerprint density at radius 1 is 1.00 bits per heavy atom. The molecule has 36 heavy (non-hydrogen) atoms. The number of nitrogens with zero attached hydrogens (tertiary/aromatic N) is 3. The van der Waals surface area contributed by atoms with Crippen LogP contribution >= 0.6 is 0 Å². The number of fused-ring (bicyclic) bond motifs is 3. The molecule has 3 aromatic carbocycles. The lowest BCUT2D eigenvalue weighted by molar-refractivity contribution is -0.137. The molecule has 5 nitrogen and oxygen atoms in total. The van der Waals surface area contributed by atoms with Crippen molar-refractivity contribution in [2.75, 3.05) is 5.32 Å². The third-order valence-electron chi connectivity index (χ3n) is 6.19. The summed E-state index contributed by atoms with van der Waals surface area (Å²) in [6, 6.07) is 19.5. The number of benzene rings is 3. The fourth-order valence-electron chi connectivity index (χ4n) is 4.26. The lowest BCUT2D eigenvalue weighted by Crippen LogP contribution is -2.34. The molecular formula is C28H19F3N4O. The zero-order valence-electron chi connectivity index (χ0n) is 19.3. The number of pyridine rings is 1. The van der Waals surface area contributed by atoms with Crippen molar-refractivity contribution >= 4 is 28.6 Å². The largest absolute Gasteiger partial charge is 0.416 e. The van der Waals surface area contributed by atoms with Crippen LogP contribution in [0.25, 0.3) is 34.0 Å². The Balaban J connectivity index is 1.86. The van der Waals surface area contributed by atoms with Crippen LogP contribution in [0.2, 0.25) is 0 Å². The summed E-state index contributed by atoms with van der Waals surface area (Å²) in [5, 5.41) is 13.1. The fourth-order valence-corrected chi connectivity index (χ4v) is 4.26. The maximum Gasteiger partial charge on any atom is 0.416 e. The quantitative estimate of drug-likeness (QED) is 0.362. The number of alkyl halides is 3. The van der Waals surface area contributed by atoms with Crippen LogP contribution in [0.4, 0.5) is 18.9 Å². The number of hydrogen-bond acceptors (Lipinski definition) is 4. The zero-order chi connectivity index (χ0) is 25.6. The molecule has 0 atom stereocenters. The van der Waals surface area contributed by atoms with Crippen molar-refractivity contribution in [1.29, 1.82) is 5.26 Å². The van der Waals surface area contributed by atoms with Gasteiger partial charge in [0.1, 0.15) is 11.6 Å². The Hall–Kier alpha value is -4.64. The highest BCUT2D eigenvalue weighted by atomic mass is 19.4. The number of aromatic nitrogens is 2. The molecule has 0 radical (unpaired) electrons. The standard InChI is InChI=1S/C28H19F3N4O/c1-16-11-23-24(12-17(16)2)35-26(34-23)21(14-32)25(18-7-4-3-5-8-18)22(27(35)36)15-33-20-10-6-9-19(13-20)28(29,30)31/h3-13,15,33H,1-2H3/b22-15+. The predicted molar refractivity (Wildman–Crippen MR) is 133 cm³/mol. The minimum absolute atomic E-state index is 0.139. The number of rotatable bonds is 3. The van der Waals surface area contributed by atoms with Crippen LogP contribution < -0.4 is 16.1 Å². The Morgan fingerprint density at radius 2 is 1.72 bits per heavy atom. The number of anilines is 1. The summed E-state index contributed by atoms with van der Waals surface area (Å²) in [5.74, 6) is 0. The van der Waals surface area contributed by atoms with Gasteiger partial charge in [-0.25, -0.2) is 4.98 Å². The molecule has 0 aliphatic rings. The monoisotopic (exact) mass is 484 g/mol. The molecule has 0 saturated heterocycles. The first-order chi connectivity index (χ1) is 17.2. The molecule has 0 bridgehead atoms. The van der Waals surface area contributed by atoms with E-state index in [4.69, 9.17) is 0 Å². The van der Waals surface area contributed by atoms with Gasteiger partial charge < -0.3 is 5.32 Å². The van der Waals surface area contributed by atoms with Crippen molar-refractivity contribution in [1.82, 2.24) is 9.38 Å². The lowest BCUT2D eigenvalue weighted by Gasteiger charge is -2.10. The second-order valence-electron chi connectivity index (χ2n) is 8.51. The number of imidazole rings is 1. The second-order valence-corrected chi connectivity index (χ2v) is 8.51. The van der Waals surface area contributed by atoms with Crippen molar-refractivity contribution in [2.45, 2.75) is 20.0 Å². The van der Waals surface area contributed by atoms with Crippen LogP contribution in [0.1, 0.15) is 22.3 Å². The summed E-state index contributed by atoms with van der Waals surface area (Å²) in [4.78, 5) is 18.5. The van der Waals surface area contributed by atoms with Crippen molar-refractivity contribution < 1.29 is 13.2 Å². The average Bonchev–Trinajstić information content (AvgIpc) is 3.22. The number of nitriles is 1.